The van der Waals surface area contributed by atoms with Gasteiger partial charge in [0, 0.05) is 6.04 Å². The number of fused-ring (bicyclic) bond motifs is 5. The van der Waals surface area contributed by atoms with Gasteiger partial charge in [0.25, 0.3) is 0 Å². The van der Waals surface area contributed by atoms with Crippen LogP contribution in [-0.4, -0.2) is 16.9 Å². The van der Waals surface area contributed by atoms with Gasteiger partial charge in [-0.25, -0.2) is 0 Å². The van der Waals surface area contributed by atoms with Crippen LogP contribution in [0.15, 0.2) is 0 Å². The van der Waals surface area contributed by atoms with Gasteiger partial charge in [-0.2, -0.15) is 0 Å². The minimum absolute atomic E-state index is 0.122. The van der Waals surface area contributed by atoms with E-state index in [2.05, 4.69) is 12.2 Å². The lowest BCUT2D eigenvalue weighted by Gasteiger charge is -2.44. The third-order valence-electron chi connectivity index (χ3n) is 6.33. The van der Waals surface area contributed by atoms with Gasteiger partial charge in [0.15, 0.2) is 0 Å². The Hall–Kier alpha value is -0.640. The largest absolute Gasteiger partial charge is 0.392 e. The van der Waals surface area contributed by atoms with Crippen LogP contribution in [0.25, 0.3) is 0 Å². The second-order valence-corrected chi connectivity index (χ2v) is 7.89. The minimum Gasteiger partial charge on any atom is -0.392 e. The molecule has 0 aromatic heterocycles. The maximum atomic E-state index is 12.6. The molecule has 4 unspecified atom stereocenters. The molecule has 0 radical (unpaired) electrons. The molecule has 104 valence electrons. The highest BCUT2D eigenvalue weighted by atomic mass is 32.1. The van der Waals surface area contributed by atoms with Crippen molar-refractivity contribution in [1.29, 1.82) is 0 Å². The van der Waals surface area contributed by atoms with Crippen LogP contribution in [-0.2, 0) is 4.79 Å². The van der Waals surface area contributed by atoms with Crippen molar-refractivity contribution < 1.29 is 4.79 Å². The Kier molecular flexibility index (Phi) is 2.37. The summed E-state index contributed by atoms with van der Waals surface area (Å²) in [4.78, 5) is 13.0. The number of thiocarbonyl (C=S) groups is 1. The molecule has 19 heavy (non-hydrogen) atoms. The van der Waals surface area contributed by atoms with E-state index in [4.69, 9.17) is 18.0 Å². The van der Waals surface area contributed by atoms with Crippen molar-refractivity contribution in [3.63, 3.8) is 0 Å². The van der Waals surface area contributed by atoms with Gasteiger partial charge in [0.1, 0.15) is 0 Å². The lowest BCUT2D eigenvalue weighted by Crippen LogP contribution is -2.56. The highest BCUT2D eigenvalue weighted by Crippen LogP contribution is 2.65. The second kappa shape index (κ2) is 3.72. The fourth-order valence-corrected chi connectivity index (χ4v) is 5.70. The number of rotatable bonds is 3. The molecule has 0 aliphatic heterocycles. The van der Waals surface area contributed by atoms with Gasteiger partial charge in [-0.05, 0) is 61.7 Å². The molecule has 4 saturated carbocycles. The number of hydrogen-bond acceptors (Lipinski definition) is 2. The van der Waals surface area contributed by atoms with Gasteiger partial charge in [0.2, 0.25) is 5.91 Å². The zero-order chi connectivity index (χ0) is 13.4. The van der Waals surface area contributed by atoms with Gasteiger partial charge in [-0.3, -0.25) is 4.79 Å². The van der Waals surface area contributed by atoms with Crippen molar-refractivity contribution in [2.24, 2.45) is 40.7 Å². The summed E-state index contributed by atoms with van der Waals surface area (Å²) >= 11 is 5.16. The number of amides is 1. The molecule has 1 amide bonds. The topological polar surface area (TPSA) is 55.1 Å². The molecular formula is C15H22N2OS. The van der Waals surface area contributed by atoms with Crippen LogP contribution in [0, 0.1) is 35.0 Å². The molecule has 0 aromatic carbocycles. The average molecular weight is 278 g/mol. The minimum atomic E-state index is -0.523. The molecule has 4 aliphatic rings. The van der Waals surface area contributed by atoms with Gasteiger partial charge in [0.05, 0.1) is 10.4 Å². The maximum Gasteiger partial charge on any atom is 0.233 e. The smallest absolute Gasteiger partial charge is 0.233 e. The number of nitrogens with one attached hydrogen (secondary N) is 1. The van der Waals surface area contributed by atoms with Crippen LogP contribution in [0.4, 0.5) is 0 Å². The zero-order valence-corrected chi connectivity index (χ0v) is 12.2. The molecule has 4 atom stereocenters. The molecule has 0 aromatic rings. The summed E-state index contributed by atoms with van der Waals surface area (Å²) in [6.07, 6.45) is 5.86. The van der Waals surface area contributed by atoms with Crippen LogP contribution in [0.1, 0.15) is 39.0 Å². The van der Waals surface area contributed by atoms with Gasteiger partial charge in [-0.1, -0.05) is 19.1 Å². The van der Waals surface area contributed by atoms with E-state index in [1.807, 2.05) is 0 Å². The summed E-state index contributed by atoms with van der Waals surface area (Å²) in [5.41, 5.74) is 5.32. The first-order valence-electron chi connectivity index (χ1n) is 7.64. The number of carbonyl (C=O) groups excluding carboxylic acids is 1. The highest BCUT2D eigenvalue weighted by Gasteiger charge is 2.66. The summed E-state index contributed by atoms with van der Waals surface area (Å²) in [7, 11) is 0. The second-order valence-electron chi connectivity index (χ2n) is 7.45. The fourth-order valence-electron chi connectivity index (χ4n) is 5.44. The summed E-state index contributed by atoms with van der Waals surface area (Å²) in [6.45, 7) is 2.16. The Morgan fingerprint density at radius 1 is 1.26 bits per heavy atom. The van der Waals surface area contributed by atoms with Gasteiger partial charge >= 0.3 is 0 Å². The normalized spacial score (nSPS) is 53.3. The molecule has 3 N–H and O–H groups in total. The quantitative estimate of drug-likeness (QED) is 0.775. The van der Waals surface area contributed by atoms with Crippen molar-refractivity contribution in [1.82, 2.24) is 5.32 Å². The summed E-state index contributed by atoms with van der Waals surface area (Å²) in [6, 6.07) is 0.445. The Balaban J connectivity index is 1.44. The Labute approximate surface area is 119 Å². The van der Waals surface area contributed by atoms with Crippen LogP contribution < -0.4 is 11.1 Å². The molecule has 0 heterocycles. The van der Waals surface area contributed by atoms with E-state index in [0.717, 1.165) is 36.5 Å². The lowest BCUT2D eigenvalue weighted by atomic mass is 9.62. The molecule has 4 rings (SSSR count). The van der Waals surface area contributed by atoms with Crippen molar-refractivity contribution in [3.8, 4) is 0 Å². The standard InChI is InChI=1S/C15H22N2OS/c1-7-5-15(6-7,13(16)19)14(18)17-12-10-8-2-3-9(4-8)11(10)12/h7-12H,2-6H2,1H3,(H2,16,19)(H,17,18). The first-order valence-corrected chi connectivity index (χ1v) is 8.04. The van der Waals surface area contributed by atoms with E-state index >= 15 is 0 Å². The molecule has 2 bridgehead atoms. The van der Waals surface area contributed by atoms with Gasteiger partial charge < -0.3 is 11.1 Å². The zero-order valence-electron chi connectivity index (χ0n) is 11.4. The van der Waals surface area contributed by atoms with E-state index in [-0.39, 0.29) is 5.91 Å². The van der Waals surface area contributed by atoms with Crippen LogP contribution in [0.5, 0.6) is 0 Å². The predicted octanol–water partition coefficient (Wildman–Crippen LogP) is 1.85. The van der Waals surface area contributed by atoms with E-state index in [1.165, 1.54) is 19.3 Å². The van der Waals surface area contributed by atoms with Crippen LogP contribution in [0.3, 0.4) is 0 Å². The van der Waals surface area contributed by atoms with Crippen molar-refractivity contribution in [2.45, 2.75) is 45.1 Å². The van der Waals surface area contributed by atoms with Crippen LogP contribution in [0.2, 0.25) is 0 Å². The molecule has 4 aliphatic carbocycles. The SMILES string of the molecule is CC1CC(C(=O)NC2C3C4CCC(C4)C23)(C(N)=S)C1. The number of nitrogens with two attached hydrogens (primary N) is 1. The van der Waals surface area contributed by atoms with Crippen molar-refractivity contribution in [3.05, 3.63) is 0 Å². The highest BCUT2D eigenvalue weighted by molar-refractivity contribution is 7.80. The van der Waals surface area contributed by atoms with E-state index in [9.17, 15) is 4.79 Å². The summed E-state index contributed by atoms with van der Waals surface area (Å²) in [5, 5.41) is 3.29. The summed E-state index contributed by atoms with van der Waals surface area (Å²) in [5.74, 6) is 4.04. The van der Waals surface area contributed by atoms with Crippen LogP contribution >= 0.6 is 12.2 Å². The molecule has 0 saturated heterocycles. The van der Waals surface area contributed by atoms with Crippen molar-refractivity contribution >= 4 is 23.1 Å². The Morgan fingerprint density at radius 3 is 2.32 bits per heavy atom. The van der Waals surface area contributed by atoms with E-state index < -0.39 is 5.41 Å². The molecule has 4 fully saturated rings. The molecule has 4 heteroatoms. The van der Waals surface area contributed by atoms with Gasteiger partial charge in [-0.15, -0.1) is 0 Å². The van der Waals surface area contributed by atoms with Crippen molar-refractivity contribution in [2.75, 3.05) is 0 Å². The first-order chi connectivity index (χ1) is 9.03. The third kappa shape index (κ3) is 1.49. The number of carbonyl (C=O) groups is 1. The predicted molar refractivity (Wildman–Crippen MR) is 77.4 cm³/mol. The van der Waals surface area contributed by atoms with E-state index in [0.29, 0.717) is 16.9 Å². The molecule has 0 spiro atoms. The maximum absolute atomic E-state index is 12.6. The summed E-state index contributed by atoms with van der Waals surface area (Å²) < 4.78 is 0. The third-order valence-corrected chi connectivity index (χ3v) is 6.72. The lowest BCUT2D eigenvalue weighted by molar-refractivity contribution is -0.133. The Bertz CT molecular complexity index is 441. The monoisotopic (exact) mass is 278 g/mol. The van der Waals surface area contributed by atoms with E-state index in [1.54, 1.807) is 0 Å². The fraction of sp³-hybridized carbons (Fsp3) is 0.867. The molecular weight excluding hydrogens is 256 g/mol. The first kappa shape index (κ1) is 12.1. The average Bonchev–Trinajstić information content (AvgIpc) is 2.71. The Morgan fingerprint density at radius 2 is 1.84 bits per heavy atom. The number of hydrogen-bond donors (Lipinski definition) is 2. The molecule has 3 nitrogen and oxygen atoms in total.